The summed E-state index contributed by atoms with van der Waals surface area (Å²) >= 11 is 0. The molecule has 19 heavy (non-hydrogen) atoms. The van der Waals surface area contributed by atoms with Gasteiger partial charge in [0.05, 0.1) is 0 Å². The number of aromatic hydroxyl groups is 1. The summed E-state index contributed by atoms with van der Waals surface area (Å²) in [5.41, 5.74) is 8.19. The van der Waals surface area contributed by atoms with Crippen LogP contribution in [0.3, 0.4) is 0 Å². The van der Waals surface area contributed by atoms with Crippen LogP contribution in [0, 0.1) is 5.92 Å². The lowest BCUT2D eigenvalue weighted by Gasteiger charge is -2.32. The predicted octanol–water partition coefficient (Wildman–Crippen LogP) is 3.46. The fraction of sp³-hybridized carbons (Fsp3) is 0.600. The highest BCUT2D eigenvalue weighted by atomic mass is 35.5. The summed E-state index contributed by atoms with van der Waals surface area (Å²) in [7, 11) is 0. The third-order valence-corrected chi connectivity index (χ3v) is 4.16. The first-order valence-electron chi connectivity index (χ1n) is 7.00. The van der Waals surface area contributed by atoms with E-state index in [-0.39, 0.29) is 18.4 Å². The Labute approximate surface area is 122 Å². The predicted molar refractivity (Wildman–Crippen MR) is 83.2 cm³/mol. The number of hydrogen-bond acceptors (Lipinski definition) is 3. The first kappa shape index (κ1) is 16.1. The Bertz CT molecular complexity index is 403. The molecule has 4 heteroatoms. The van der Waals surface area contributed by atoms with E-state index in [1.54, 1.807) is 0 Å². The summed E-state index contributed by atoms with van der Waals surface area (Å²) < 4.78 is 0. The average molecular weight is 285 g/mol. The number of phenols is 1. The number of halogens is 1. The molecular weight excluding hydrogens is 260 g/mol. The van der Waals surface area contributed by atoms with Crippen LogP contribution < -0.4 is 10.6 Å². The van der Waals surface area contributed by atoms with Crippen molar-refractivity contribution >= 4 is 18.1 Å². The van der Waals surface area contributed by atoms with Crippen molar-refractivity contribution in [1.29, 1.82) is 0 Å². The summed E-state index contributed by atoms with van der Waals surface area (Å²) in [6.45, 7) is 6.14. The van der Waals surface area contributed by atoms with Crippen LogP contribution in [-0.2, 0) is 0 Å². The number of nitrogens with zero attached hydrogens (tertiary/aromatic N) is 1. The van der Waals surface area contributed by atoms with Crippen LogP contribution in [0.4, 0.5) is 5.69 Å². The van der Waals surface area contributed by atoms with Crippen LogP contribution >= 0.6 is 12.4 Å². The Hall–Kier alpha value is -0.930. The fourth-order valence-electron chi connectivity index (χ4n) is 2.65. The van der Waals surface area contributed by atoms with Crippen molar-refractivity contribution < 1.29 is 5.11 Å². The summed E-state index contributed by atoms with van der Waals surface area (Å²) in [6, 6.07) is 5.90. The molecule has 1 aromatic rings. The molecule has 0 aromatic heterocycles. The van der Waals surface area contributed by atoms with Crippen molar-refractivity contribution in [3.8, 4) is 5.75 Å². The van der Waals surface area contributed by atoms with Crippen LogP contribution in [0.15, 0.2) is 18.2 Å². The largest absolute Gasteiger partial charge is 0.508 e. The van der Waals surface area contributed by atoms with Gasteiger partial charge in [-0.3, -0.25) is 0 Å². The zero-order valence-corrected chi connectivity index (χ0v) is 12.6. The van der Waals surface area contributed by atoms with E-state index in [0.717, 1.165) is 24.3 Å². The molecule has 1 aliphatic rings. The van der Waals surface area contributed by atoms with Crippen LogP contribution in [-0.4, -0.2) is 18.2 Å². The van der Waals surface area contributed by atoms with Gasteiger partial charge in [0.1, 0.15) is 5.75 Å². The lowest BCUT2D eigenvalue weighted by molar-refractivity contribution is 0.260. The smallest absolute Gasteiger partial charge is 0.122 e. The summed E-state index contributed by atoms with van der Waals surface area (Å²) in [6.07, 6.45) is 3.66. The molecule has 0 heterocycles. The van der Waals surface area contributed by atoms with Gasteiger partial charge >= 0.3 is 0 Å². The number of anilines is 1. The highest BCUT2D eigenvalue weighted by Gasteiger charge is 2.27. The molecule has 1 saturated carbocycles. The number of benzene rings is 1. The maximum atomic E-state index is 10.2. The summed E-state index contributed by atoms with van der Waals surface area (Å²) in [4.78, 5) is 2.22. The normalized spacial score (nSPS) is 16.4. The monoisotopic (exact) mass is 284 g/mol. The van der Waals surface area contributed by atoms with Gasteiger partial charge in [0.15, 0.2) is 0 Å². The molecule has 0 bridgehead atoms. The molecule has 1 aliphatic carbocycles. The van der Waals surface area contributed by atoms with Gasteiger partial charge < -0.3 is 15.7 Å². The highest BCUT2D eigenvalue weighted by Crippen LogP contribution is 2.39. The van der Waals surface area contributed by atoms with E-state index < -0.39 is 0 Å². The second-order valence-electron chi connectivity index (χ2n) is 5.13. The number of nitrogens with two attached hydrogens (primary N) is 1. The van der Waals surface area contributed by atoms with Crippen molar-refractivity contribution in [2.75, 3.05) is 18.0 Å². The van der Waals surface area contributed by atoms with Crippen molar-refractivity contribution in [2.24, 2.45) is 11.7 Å². The van der Waals surface area contributed by atoms with Gasteiger partial charge in [-0.2, -0.15) is 0 Å². The molecule has 0 saturated heterocycles. The van der Waals surface area contributed by atoms with E-state index in [0.29, 0.717) is 11.7 Å². The molecule has 1 fully saturated rings. The van der Waals surface area contributed by atoms with Crippen LogP contribution in [0.2, 0.25) is 0 Å². The summed E-state index contributed by atoms with van der Waals surface area (Å²) in [5.74, 6) is 0.897. The van der Waals surface area contributed by atoms with Gasteiger partial charge in [-0.05, 0) is 38.7 Å². The van der Waals surface area contributed by atoms with Gasteiger partial charge in [-0.1, -0.05) is 12.5 Å². The Morgan fingerprint density at radius 1 is 1.32 bits per heavy atom. The zero-order chi connectivity index (χ0) is 13.1. The molecule has 0 radical (unpaired) electrons. The van der Waals surface area contributed by atoms with E-state index in [2.05, 4.69) is 24.8 Å². The number of phenolic OH excluding ortho intramolecular Hbond substituents is 1. The Morgan fingerprint density at radius 3 is 2.37 bits per heavy atom. The lowest BCUT2D eigenvalue weighted by Crippen LogP contribution is -2.27. The quantitative estimate of drug-likeness (QED) is 0.870. The first-order valence-corrected chi connectivity index (χ1v) is 7.00. The highest BCUT2D eigenvalue weighted by molar-refractivity contribution is 5.85. The van der Waals surface area contributed by atoms with Gasteiger partial charge in [0.2, 0.25) is 0 Å². The van der Waals surface area contributed by atoms with E-state index in [4.69, 9.17) is 5.73 Å². The summed E-state index contributed by atoms with van der Waals surface area (Å²) in [5, 5.41) is 10.2. The molecule has 0 unspecified atom stereocenters. The Morgan fingerprint density at radius 2 is 1.95 bits per heavy atom. The average Bonchev–Trinajstić information content (AvgIpc) is 2.28. The molecule has 3 nitrogen and oxygen atoms in total. The van der Waals surface area contributed by atoms with Gasteiger partial charge in [-0.15, -0.1) is 12.4 Å². The van der Waals surface area contributed by atoms with Gasteiger partial charge in [0.25, 0.3) is 0 Å². The maximum Gasteiger partial charge on any atom is 0.122 e. The molecule has 0 spiro atoms. The second kappa shape index (κ2) is 7.01. The Balaban J connectivity index is 0.00000180. The minimum Gasteiger partial charge on any atom is -0.508 e. The van der Waals surface area contributed by atoms with Crippen molar-refractivity contribution in [2.45, 2.75) is 39.2 Å². The lowest BCUT2D eigenvalue weighted by atomic mass is 9.77. The van der Waals surface area contributed by atoms with Crippen molar-refractivity contribution in [1.82, 2.24) is 0 Å². The molecule has 2 rings (SSSR count). The molecule has 1 aromatic carbocycles. The molecule has 0 aliphatic heterocycles. The molecule has 0 amide bonds. The molecule has 108 valence electrons. The second-order valence-corrected chi connectivity index (χ2v) is 5.13. The van der Waals surface area contributed by atoms with Gasteiger partial charge in [-0.25, -0.2) is 0 Å². The van der Waals surface area contributed by atoms with E-state index in [9.17, 15) is 5.11 Å². The van der Waals surface area contributed by atoms with Crippen molar-refractivity contribution in [3.63, 3.8) is 0 Å². The van der Waals surface area contributed by atoms with E-state index >= 15 is 0 Å². The minimum absolute atomic E-state index is 0. The van der Waals surface area contributed by atoms with Gasteiger partial charge in [0, 0.05) is 36.4 Å². The standard InChI is InChI=1S/C15H24N2O.ClH/c1-3-17(4-2)12-8-9-13(14(18)10-12)15(16)11-6-5-7-11;/h8-11,15,18H,3-7,16H2,1-2H3;1H/t15-;/m1./s1. The first-order chi connectivity index (χ1) is 8.67. The van der Waals surface area contributed by atoms with Crippen molar-refractivity contribution in [3.05, 3.63) is 23.8 Å². The maximum absolute atomic E-state index is 10.2. The third-order valence-electron chi connectivity index (χ3n) is 4.16. The van der Waals surface area contributed by atoms with Crippen LogP contribution in [0.1, 0.15) is 44.7 Å². The van der Waals surface area contributed by atoms with E-state index in [1.807, 2.05) is 12.1 Å². The zero-order valence-electron chi connectivity index (χ0n) is 11.8. The SMILES string of the molecule is CCN(CC)c1ccc([C@H](N)C2CCC2)c(O)c1.Cl. The fourth-order valence-corrected chi connectivity index (χ4v) is 2.65. The minimum atomic E-state index is -0.00972. The third kappa shape index (κ3) is 3.34. The van der Waals surface area contributed by atoms with Crippen LogP contribution in [0.25, 0.3) is 0 Å². The number of hydrogen-bond donors (Lipinski definition) is 2. The van der Waals surface area contributed by atoms with E-state index in [1.165, 1.54) is 19.3 Å². The molecule has 3 N–H and O–H groups in total. The molecular formula is C15H25ClN2O. The molecule has 1 atom stereocenters. The Kier molecular flexibility index (Phi) is 5.95. The topological polar surface area (TPSA) is 49.5 Å². The van der Waals surface area contributed by atoms with Crippen LogP contribution in [0.5, 0.6) is 5.75 Å². The number of rotatable bonds is 5.